The van der Waals surface area contributed by atoms with E-state index in [1.807, 2.05) is 0 Å². The summed E-state index contributed by atoms with van der Waals surface area (Å²) in [4.78, 5) is 8.54. The van der Waals surface area contributed by atoms with Crippen molar-refractivity contribution in [3.8, 4) is 0 Å². The molecule has 0 spiro atoms. The molecule has 0 aromatic carbocycles. The number of rotatable bonds is 0. The van der Waals surface area contributed by atoms with E-state index >= 15 is 0 Å². The molecule has 0 amide bonds. The molecular formula is C3H5O3. The van der Waals surface area contributed by atoms with Crippen molar-refractivity contribution >= 4 is 0 Å². The van der Waals surface area contributed by atoms with E-state index in [9.17, 15) is 0 Å². The maximum atomic E-state index is 4.32. The maximum Gasteiger partial charge on any atom is 0.128 e. The van der Waals surface area contributed by atoms with Crippen molar-refractivity contribution < 1.29 is 14.8 Å². The van der Waals surface area contributed by atoms with Gasteiger partial charge in [-0.3, -0.25) is 0 Å². The van der Waals surface area contributed by atoms with Crippen LogP contribution in [0.2, 0.25) is 0 Å². The fourth-order valence-electron chi connectivity index (χ4n) is 0.234. The lowest BCUT2D eigenvalue weighted by Crippen LogP contribution is -2.04. The summed E-state index contributed by atoms with van der Waals surface area (Å²) in [6.45, 7) is 2.14. The van der Waals surface area contributed by atoms with E-state index < -0.39 is 0 Å². The van der Waals surface area contributed by atoms with Crippen molar-refractivity contribution in [2.24, 2.45) is 0 Å². The predicted molar refractivity (Wildman–Crippen MR) is 17.0 cm³/mol. The van der Waals surface area contributed by atoms with Crippen molar-refractivity contribution in [3.63, 3.8) is 0 Å². The fraction of sp³-hybridized carbons (Fsp3) is 0.667. The number of hydrogen-bond donors (Lipinski definition) is 0. The summed E-state index contributed by atoms with van der Waals surface area (Å²) in [7, 11) is 0. The highest BCUT2D eigenvalue weighted by Crippen LogP contribution is 1.98. The van der Waals surface area contributed by atoms with Gasteiger partial charge in [0.15, 0.2) is 0 Å². The molecular weight excluding hydrogens is 84.0 g/mol. The average Bonchev–Trinajstić information content (AvgIpc) is 1.72. The second-order valence-corrected chi connectivity index (χ2v) is 0.942. The second-order valence-electron chi connectivity index (χ2n) is 0.942. The third-order valence-corrected chi connectivity index (χ3v) is 0.474. The third kappa shape index (κ3) is 0.931. The first-order chi connectivity index (χ1) is 3.00. The van der Waals surface area contributed by atoms with E-state index in [0.717, 1.165) is 6.42 Å². The summed E-state index contributed by atoms with van der Waals surface area (Å²) in [5.41, 5.74) is 0. The van der Waals surface area contributed by atoms with Crippen LogP contribution in [0.15, 0.2) is 0 Å². The van der Waals surface area contributed by atoms with E-state index in [4.69, 9.17) is 0 Å². The molecule has 0 atom stereocenters. The number of hydrogen-bond acceptors (Lipinski definition) is 3. The monoisotopic (exact) mass is 89.0 g/mol. The fourth-order valence-corrected chi connectivity index (χ4v) is 0.234. The van der Waals surface area contributed by atoms with E-state index in [0.29, 0.717) is 6.61 Å². The summed E-state index contributed by atoms with van der Waals surface area (Å²) in [5.74, 6) is 0. The Balaban J connectivity index is 2.00. The molecule has 0 aliphatic carbocycles. The van der Waals surface area contributed by atoms with Crippen LogP contribution in [0.4, 0.5) is 0 Å². The van der Waals surface area contributed by atoms with Crippen LogP contribution in [-0.2, 0) is 14.8 Å². The topological polar surface area (TPSA) is 27.7 Å². The zero-order valence-electron chi connectivity index (χ0n) is 3.22. The molecule has 6 heavy (non-hydrogen) atoms. The SMILES string of the molecule is [CH]1CCOOO1. The second kappa shape index (κ2) is 2.12. The zero-order valence-corrected chi connectivity index (χ0v) is 3.22. The van der Waals surface area contributed by atoms with Crippen LogP contribution in [0.25, 0.3) is 0 Å². The third-order valence-electron chi connectivity index (χ3n) is 0.474. The first-order valence-corrected chi connectivity index (χ1v) is 1.77. The van der Waals surface area contributed by atoms with Gasteiger partial charge >= 0.3 is 0 Å². The maximum absolute atomic E-state index is 4.32. The molecule has 0 aromatic heterocycles. The lowest BCUT2D eigenvalue weighted by Gasteiger charge is -2.05. The van der Waals surface area contributed by atoms with Crippen molar-refractivity contribution in [3.05, 3.63) is 6.61 Å². The van der Waals surface area contributed by atoms with Crippen LogP contribution in [0.5, 0.6) is 0 Å². The molecule has 1 aliphatic heterocycles. The lowest BCUT2D eigenvalue weighted by atomic mass is 10.5. The van der Waals surface area contributed by atoms with Crippen molar-refractivity contribution in [1.29, 1.82) is 0 Å². The summed E-state index contributed by atoms with van der Waals surface area (Å²) in [5, 5.41) is 4.01. The Morgan fingerprint density at radius 1 is 1.50 bits per heavy atom. The van der Waals surface area contributed by atoms with Crippen LogP contribution in [0, 0.1) is 6.61 Å². The minimum atomic E-state index is 0.597. The van der Waals surface area contributed by atoms with Gasteiger partial charge in [0.05, 0.1) is 6.61 Å². The van der Waals surface area contributed by atoms with Crippen molar-refractivity contribution in [1.82, 2.24) is 0 Å². The minimum absolute atomic E-state index is 0.597. The molecule has 0 saturated carbocycles. The molecule has 35 valence electrons. The summed E-state index contributed by atoms with van der Waals surface area (Å²) in [6, 6.07) is 0. The van der Waals surface area contributed by atoms with E-state index in [2.05, 4.69) is 14.8 Å². The zero-order chi connectivity index (χ0) is 4.24. The smallest absolute Gasteiger partial charge is 0.128 e. The Bertz CT molecular complexity index is 21.5. The van der Waals surface area contributed by atoms with Gasteiger partial charge in [0.25, 0.3) is 0 Å². The molecule has 1 rings (SSSR count). The Kier molecular flexibility index (Phi) is 1.43. The van der Waals surface area contributed by atoms with Gasteiger partial charge < -0.3 is 0 Å². The summed E-state index contributed by atoms with van der Waals surface area (Å²) < 4.78 is 0. The molecule has 3 nitrogen and oxygen atoms in total. The van der Waals surface area contributed by atoms with Gasteiger partial charge in [-0.15, -0.1) is 0 Å². The first-order valence-electron chi connectivity index (χ1n) is 1.77. The van der Waals surface area contributed by atoms with Crippen LogP contribution in [0.3, 0.4) is 0 Å². The first kappa shape index (κ1) is 4.05. The van der Waals surface area contributed by atoms with Gasteiger partial charge in [0, 0.05) is 6.42 Å². The van der Waals surface area contributed by atoms with Crippen LogP contribution < -0.4 is 0 Å². The van der Waals surface area contributed by atoms with Gasteiger partial charge in [-0.2, -0.15) is 4.89 Å². The normalized spacial score (nSPS) is 24.0. The molecule has 1 radical (unpaired) electrons. The highest BCUT2D eigenvalue weighted by atomic mass is 17.5. The molecule has 3 heteroatoms. The van der Waals surface area contributed by atoms with Gasteiger partial charge in [0.2, 0.25) is 0 Å². The quantitative estimate of drug-likeness (QED) is 0.403. The summed E-state index contributed by atoms with van der Waals surface area (Å²) >= 11 is 0. The van der Waals surface area contributed by atoms with Gasteiger partial charge in [-0.1, -0.05) is 5.04 Å². The van der Waals surface area contributed by atoms with E-state index in [1.54, 1.807) is 6.61 Å². The Morgan fingerprint density at radius 2 is 2.50 bits per heavy atom. The molecule has 1 heterocycles. The van der Waals surface area contributed by atoms with Crippen LogP contribution in [-0.4, -0.2) is 6.61 Å². The lowest BCUT2D eigenvalue weighted by molar-refractivity contribution is -0.516. The molecule has 0 N–H and O–H groups in total. The Morgan fingerprint density at radius 3 is 2.67 bits per heavy atom. The largest absolute Gasteiger partial charge is 0.206 e. The highest BCUT2D eigenvalue weighted by molar-refractivity contribution is 4.44. The highest BCUT2D eigenvalue weighted by Gasteiger charge is 1.97. The predicted octanol–water partition coefficient (Wildman–Crippen LogP) is 0.432. The van der Waals surface area contributed by atoms with E-state index in [1.165, 1.54) is 0 Å². The van der Waals surface area contributed by atoms with Crippen LogP contribution >= 0.6 is 0 Å². The molecule has 1 fully saturated rings. The standard InChI is InChI=1S/C3H5O3/c1-2-4-6-5-3-1/h2H,1,3H2. The molecule has 1 aliphatic rings. The average molecular weight is 89.1 g/mol. The summed E-state index contributed by atoms with van der Waals surface area (Å²) in [6.07, 6.45) is 0.806. The Labute approximate surface area is 35.7 Å². The molecule has 0 unspecified atom stereocenters. The minimum Gasteiger partial charge on any atom is -0.206 e. The van der Waals surface area contributed by atoms with Gasteiger partial charge in [-0.25, -0.2) is 4.89 Å². The van der Waals surface area contributed by atoms with Gasteiger partial charge in [0.1, 0.15) is 6.61 Å². The molecule has 0 bridgehead atoms. The van der Waals surface area contributed by atoms with Crippen molar-refractivity contribution in [2.75, 3.05) is 6.61 Å². The molecule has 0 aromatic rings. The van der Waals surface area contributed by atoms with E-state index in [-0.39, 0.29) is 0 Å². The van der Waals surface area contributed by atoms with Crippen LogP contribution in [0.1, 0.15) is 6.42 Å². The molecule has 1 saturated heterocycles. The Hall–Kier alpha value is -0.120. The van der Waals surface area contributed by atoms with Gasteiger partial charge in [-0.05, 0) is 0 Å². The van der Waals surface area contributed by atoms with Crippen molar-refractivity contribution in [2.45, 2.75) is 6.42 Å².